The standard InChI is InChI=1S/C23H21N5O/c1-2-9-24-22(6-1)27-23-20-15-18(7-8-21(20)25-16-26-23)17-4-3-5-19(14-17)28-10-12-29-13-11-28/h1-9,14-16H,10-13H2,(H,24,25,26,27). The third-order valence-corrected chi connectivity index (χ3v) is 5.10. The summed E-state index contributed by atoms with van der Waals surface area (Å²) in [6, 6.07) is 20.7. The molecule has 0 unspecified atom stereocenters. The topological polar surface area (TPSA) is 63.2 Å². The summed E-state index contributed by atoms with van der Waals surface area (Å²) in [5.41, 5.74) is 4.42. The maximum absolute atomic E-state index is 5.48. The minimum Gasteiger partial charge on any atom is -0.378 e. The predicted molar refractivity (Wildman–Crippen MR) is 116 cm³/mol. The number of pyridine rings is 1. The van der Waals surface area contributed by atoms with Crippen LogP contribution in [0.1, 0.15) is 0 Å². The molecule has 5 rings (SSSR count). The summed E-state index contributed by atoms with van der Waals surface area (Å²) >= 11 is 0. The van der Waals surface area contributed by atoms with E-state index in [1.165, 1.54) is 11.3 Å². The maximum Gasteiger partial charge on any atom is 0.142 e. The maximum atomic E-state index is 5.48. The van der Waals surface area contributed by atoms with E-state index in [2.05, 4.69) is 61.6 Å². The molecule has 0 aliphatic carbocycles. The summed E-state index contributed by atoms with van der Waals surface area (Å²) in [5, 5.41) is 4.27. The highest BCUT2D eigenvalue weighted by molar-refractivity contribution is 5.93. The monoisotopic (exact) mass is 383 g/mol. The van der Waals surface area contributed by atoms with Gasteiger partial charge in [-0.1, -0.05) is 24.3 Å². The summed E-state index contributed by atoms with van der Waals surface area (Å²) in [6.45, 7) is 3.40. The quantitative estimate of drug-likeness (QED) is 0.568. The van der Waals surface area contributed by atoms with Crippen molar-refractivity contribution in [3.05, 3.63) is 73.2 Å². The molecule has 29 heavy (non-hydrogen) atoms. The van der Waals surface area contributed by atoms with Gasteiger partial charge in [0.1, 0.15) is 18.0 Å². The number of nitrogens with zero attached hydrogens (tertiary/aromatic N) is 4. The molecule has 1 aliphatic heterocycles. The van der Waals surface area contributed by atoms with Gasteiger partial charge in [-0.3, -0.25) is 0 Å². The van der Waals surface area contributed by atoms with Crippen LogP contribution in [-0.4, -0.2) is 41.3 Å². The zero-order valence-corrected chi connectivity index (χ0v) is 16.0. The molecule has 1 aliphatic rings. The summed E-state index contributed by atoms with van der Waals surface area (Å²) in [7, 11) is 0. The number of aromatic nitrogens is 3. The molecule has 1 N–H and O–H groups in total. The van der Waals surface area contributed by atoms with Crippen molar-refractivity contribution in [3.8, 4) is 11.1 Å². The highest BCUT2D eigenvalue weighted by Gasteiger charge is 2.12. The zero-order chi connectivity index (χ0) is 19.5. The van der Waals surface area contributed by atoms with Gasteiger partial charge in [0.15, 0.2) is 0 Å². The minimum atomic E-state index is 0.750. The van der Waals surface area contributed by atoms with Gasteiger partial charge in [-0.2, -0.15) is 0 Å². The molecule has 0 spiro atoms. The van der Waals surface area contributed by atoms with Crippen molar-refractivity contribution in [2.45, 2.75) is 0 Å². The van der Waals surface area contributed by atoms with E-state index in [1.807, 2.05) is 24.3 Å². The Morgan fingerprint density at radius 2 is 1.72 bits per heavy atom. The Labute approximate surface area is 169 Å². The van der Waals surface area contributed by atoms with Crippen LogP contribution in [0, 0.1) is 0 Å². The van der Waals surface area contributed by atoms with Crippen LogP contribution in [-0.2, 0) is 4.74 Å². The third kappa shape index (κ3) is 3.75. The van der Waals surface area contributed by atoms with E-state index >= 15 is 0 Å². The third-order valence-electron chi connectivity index (χ3n) is 5.10. The molecule has 1 fully saturated rings. The van der Waals surface area contributed by atoms with Crippen LogP contribution < -0.4 is 10.2 Å². The largest absolute Gasteiger partial charge is 0.378 e. The lowest BCUT2D eigenvalue weighted by molar-refractivity contribution is 0.122. The van der Waals surface area contributed by atoms with Crippen LogP contribution in [0.3, 0.4) is 0 Å². The molecule has 0 bridgehead atoms. The summed E-state index contributed by atoms with van der Waals surface area (Å²) < 4.78 is 5.48. The van der Waals surface area contributed by atoms with Crippen molar-refractivity contribution < 1.29 is 4.74 Å². The molecule has 4 aromatic rings. The van der Waals surface area contributed by atoms with Crippen molar-refractivity contribution in [1.29, 1.82) is 0 Å². The lowest BCUT2D eigenvalue weighted by Crippen LogP contribution is -2.36. The van der Waals surface area contributed by atoms with E-state index in [4.69, 9.17) is 4.74 Å². The van der Waals surface area contributed by atoms with E-state index in [0.29, 0.717) is 0 Å². The molecule has 3 heterocycles. The van der Waals surface area contributed by atoms with Crippen LogP contribution in [0.25, 0.3) is 22.0 Å². The van der Waals surface area contributed by atoms with Gasteiger partial charge in [0.05, 0.1) is 18.7 Å². The van der Waals surface area contributed by atoms with Gasteiger partial charge in [-0.15, -0.1) is 0 Å². The molecule has 0 saturated carbocycles. The number of fused-ring (bicyclic) bond motifs is 1. The number of hydrogen-bond donors (Lipinski definition) is 1. The summed E-state index contributed by atoms with van der Waals surface area (Å²) in [6.07, 6.45) is 3.33. The Morgan fingerprint density at radius 1 is 0.828 bits per heavy atom. The van der Waals surface area contributed by atoms with Gasteiger partial charge in [-0.05, 0) is 47.5 Å². The van der Waals surface area contributed by atoms with Gasteiger partial charge in [-0.25, -0.2) is 15.0 Å². The fourth-order valence-corrected chi connectivity index (χ4v) is 3.60. The lowest BCUT2D eigenvalue weighted by Gasteiger charge is -2.29. The van der Waals surface area contributed by atoms with Crippen molar-refractivity contribution in [1.82, 2.24) is 15.0 Å². The molecule has 0 atom stereocenters. The first-order valence-electron chi connectivity index (χ1n) is 9.73. The molecule has 6 nitrogen and oxygen atoms in total. The second kappa shape index (κ2) is 7.85. The van der Waals surface area contributed by atoms with Crippen molar-refractivity contribution in [3.63, 3.8) is 0 Å². The first-order valence-corrected chi connectivity index (χ1v) is 9.73. The SMILES string of the molecule is c1ccc(Nc2ncnc3ccc(-c4cccc(N5CCOCC5)c4)cc23)nc1. The summed E-state index contributed by atoms with van der Waals surface area (Å²) in [4.78, 5) is 15.6. The minimum absolute atomic E-state index is 0.750. The zero-order valence-electron chi connectivity index (χ0n) is 16.0. The first kappa shape index (κ1) is 17.6. The van der Waals surface area contributed by atoms with E-state index < -0.39 is 0 Å². The number of hydrogen-bond acceptors (Lipinski definition) is 6. The Balaban J connectivity index is 1.52. The molecule has 2 aromatic carbocycles. The second-order valence-corrected chi connectivity index (χ2v) is 6.94. The van der Waals surface area contributed by atoms with Crippen molar-refractivity contribution in [2.24, 2.45) is 0 Å². The van der Waals surface area contributed by atoms with Crippen molar-refractivity contribution in [2.75, 3.05) is 36.5 Å². The average Bonchev–Trinajstić information content (AvgIpc) is 2.80. The lowest BCUT2D eigenvalue weighted by atomic mass is 10.0. The van der Waals surface area contributed by atoms with Gasteiger partial charge < -0.3 is 15.0 Å². The first-order chi connectivity index (χ1) is 14.4. The number of anilines is 3. The fourth-order valence-electron chi connectivity index (χ4n) is 3.60. The van der Waals surface area contributed by atoms with Gasteiger partial charge in [0.2, 0.25) is 0 Å². The Bertz CT molecular complexity index is 1130. The van der Waals surface area contributed by atoms with E-state index in [0.717, 1.165) is 54.4 Å². The number of benzene rings is 2. The fraction of sp³-hybridized carbons (Fsp3) is 0.174. The van der Waals surface area contributed by atoms with Gasteiger partial charge >= 0.3 is 0 Å². The molecule has 144 valence electrons. The average molecular weight is 383 g/mol. The Hall–Kier alpha value is -3.51. The van der Waals surface area contributed by atoms with E-state index in [-0.39, 0.29) is 0 Å². The Kier molecular flexibility index (Phi) is 4.76. The van der Waals surface area contributed by atoms with Gasteiger partial charge in [0, 0.05) is 30.4 Å². The molecular weight excluding hydrogens is 362 g/mol. The predicted octanol–water partition coefficient (Wildman–Crippen LogP) is 4.27. The molecule has 1 saturated heterocycles. The molecule has 2 aromatic heterocycles. The van der Waals surface area contributed by atoms with Crippen molar-refractivity contribution >= 4 is 28.2 Å². The molecule has 0 amide bonds. The number of ether oxygens (including phenoxy) is 1. The summed E-state index contributed by atoms with van der Waals surface area (Å²) in [5.74, 6) is 1.51. The Morgan fingerprint density at radius 3 is 2.59 bits per heavy atom. The normalized spacial score (nSPS) is 14.1. The van der Waals surface area contributed by atoms with Crippen LogP contribution in [0.15, 0.2) is 73.2 Å². The van der Waals surface area contributed by atoms with E-state index in [9.17, 15) is 0 Å². The molecule has 0 radical (unpaired) electrons. The van der Waals surface area contributed by atoms with Gasteiger partial charge in [0.25, 0.3) is 0 Å². The van der Waals surface area contributed by atoms with E-state index in [1.54, 1.807) is 12.5 Å². The highest BCUT2D eigenvalue weighted by atomic mass is 16.5. The van der Waals surface area contributed by atoms with Crippen LogP contribution >= 0.6 is 0 Å². The molecular formula is C23H21N5O. The highest BCUT2D eigenvalue weighted by Crippen LogP contribution is 2.30. The molecule has 6 heteroatoms. The number of morpholine rings is 1. The number of rotatable bonds is 4. The van der Waals surface area contributed by atoms with Crippen LogP contribution in [0.4, 0.5) is 17.3 Å². The smallest absolute Gasteiger partial charge is 0.142 e. The van der Waals surface area contributed by atoms with Crippen LogP contribution in [0.5, 0.6) is 0 Å². The van der Waals surface area contributed by atoms with Crippen LogP contribution in [0.2, 0.25) is 0 Å². The second-order valence-electron chi connectivity index (χ2n) is 6.94. The number of nitrogens with one attached hydrogen (secondary N) is 1.